The maximum absolute atomic E-state index is 13.3. The number of nitrogens with zero attached hydrogens (tertiary/aromatic N) is 2. The first-order chi connectivity index (χ1) is 19.3. The number of carbonyl (C=O) groups is 2. The molecule has 0 N–H and O–H groups in total. The van der Waals surface area contributed by atoms with Gasteiger partial charge < -0.3 is 9.80 Å². The van der Waals surface area contributed by atoms with Gasteiger partial charge in [-0.3, -0.25) is 9.59 Å². The molecule has 1 atom stereocenters. The molecule has 1 aliphatic rings. The Hall–Kier alpha value is -4.39. The van der Waals surface area contributed by atoms with Crippen LogP contribution in [0.2, 0.25) is 0 Å². The molecule has 0 aromatic heterocycles. The summed E-state index contributed by atoms with van der Waals surface area (Å²) in [5.41, 5.74) is 1.63. The fourth-order valence-corrected chi connectivity index (χ4v) is 5.11. The second-order valence-electron chi connectivity index (χ2n) is 10.1. The predicted molar refractivity (Wildman–Crippen MR) is 150 cm³/mol. The first-order valence-electron chi connectivity index (χ1n) is 13.2. The van der Waals surface area contributed by atoms with Gasteiger partial charge in [0.05, 0.1) is 11.6 Å². The normalized spacial score (nSPS) is 16.2. The molecule has 1 aliphatic heterocycles. The van der Waals surface area contributed by atoms with Gasteiger partial charge in [-0.25, -0.2) is 0 Å². The summed E-state index contributed by atoms with van der Waals surface area (Å²) in [6.45, 7) is 0.233. The predicted octanol–water partition coefficient (Wildman–Crippen LogP) is 6.74. The molecule has 1 heterocycles. The molecular weight excluding hydrogens is 513 g/mol. The van der Waals surface area contributed by atoms with Crippen molar-refractivity contribution in [2.75, 3.05) is 13.1 Å². The quantitative estimate of drug-likeness (QED) is 0.243. The van der Waals surface area contributed by atoms with Crippen LogP contribution in [0.1, 0.15) is 28.7 Å². The van der Waals surface area contributed by atoms with Gasteiger partial charge in [0.1, 0.15) is 6.54 Å². The second-order valence-corrected chi connectivity index (χ2v) is 10.1. The van der Waals surface area contributed by atoms with E-state index in [1.54, 1.807) is 17.0 Å². The standard InChI is InChI=1S/C33H29F3N2O2/c34-33(35,36)29-12-6-9-26(20-29)21-38-30(17-14-24-7-2-1-3-8-24)22-37(23-32(38)40)31(39)18-15-25-13-16-27-10-4-5-11-28(27)19-25/h1-13,15-16,18-20,30H,14,17,21-23H2/b18-15+/t30-/m0/s1. The van der Waals surface area contributed by atoms with Crippen LogP contribution in [0.5, 0.6) is 0 Å². The van der Waals surface area contributed by atoms with E-state index >= 15 is 0 Å². The lowest BCUT2D eigenvalue weighted by molar-refractivity contribution is -0.147. The minimum atomic E-state index is -4.46. The minimum Gasteiger partial charge on any atom is -0.332 e. The maximum Gasteiger partial charge on any atom is 0.416 e. The van der Waals surface area contributed by atoms with Crippen LogP contribution in [0, 0.1) is 0 Å². The molecule has 0 saturated carbocycles. The van der Waals surface area contributed by atoms with E-state index in [-0.39, 0.29) is 30.9 Å². The highest BCUT2D eigenvalue weighted by Gasteiger charge is 2.35. The number of rotatable bonds is 7. The molecular formula is C33H29F3N2O2. The van der Waals surface area contributed by atoms with Gasteiger partial charge >= 0.3 is 6.18 Å². The molecule has 0 spiro atoms. The summed E-state index contributed by atoms with van der Waals surface area (Å²) in [4.78, 5) is 29.6. The Morgan fingerprint density at radius 2 is 1.57 bits per heavy atom. The van der Waals surface area contributed by atoms with Crippen LogP contribution in [0.25, 0.3) is 16.8 Å². The average molecular weight is 543 g/mol. The lowest BCUT2D eigenvalue weighted by atomic mass is 10.00. The van der Waals surface area contributed by atoms with Gasteiger partial charge in [-0.15, -0.1) is 0 Å². The number of aryl methyl sites for hydroxylation is 1. The van der Waals surface area contributed by atoms with Crippen molar-refractivity contribution in [3.8, 4) is 0 Å². The fraction of sp³-hybridized carbons (Fsp3) is 0.212. The molecule has 204 valence electrons. The lowest BCUT2D eigenvalue weighted by Crippen LogP contribution is -2.57. The average Bonchev–Trinajstić information content (AvgIpc) is 2.96. The summed E-state index contributed by atoms with van der Waals surface area (Å²) in [5.74, 6) is -0.556. The van der Waals surface area contributed by atoms with Gasteiger partial charge in [0, 0.05) is 19.2 Å². The molecule has 0 unspecified atom stereocenters. The summed E-state index contributed by atoms with van der Waals surface area (Å²) >= 11 is 0. The minimum absolute atomic E-state index is 0.0527. The summed E-state index contributed by atoms with van der Waals surface area (Å²) < 4.78 is 39.9. The van der Waals surface area contributed by atoms with Crippen molar-refractivity contribution < 1.29 is 22.8 Å². The second kappa shape index (κ2) is 11.8. The highest BCUT2D eigenvalue weighted by molar-refractivity contribution is 5.96. The SMILES string of the molecule is O=C(/C=C/c1ccc2ccccc2c1)N1CC(=O)N(Cc2cccc(C(F)(F)F)c2)[C@@H](CCc2ccccc2)C1. The smallest absolute Gasteiger partial charge is 0.332 e. The first kappa shape index (κ1) is 27.2. The van der Waals surface area contributed by atoms with E-state index in [4.69, 9.17) is 0 Å². The Kier molecular flexibility index (Phi) is 8.01. The third kappa shape index (κ3) is 6.60. The van der Waals surface area contributed by atoms with Crippen LogP contribution in [0.15, 0.2) is 103 Å². The van der Waals surface area contributed by atoms with Crippen LogP contribution in [-0.4, -0.2) is 40.7 Å². The number of benzene rings is 4. The van der Waals surface area contributed by atoms with E-state index in [0.29, 0.717) is 24.9 Å². The zero-order chi connectivity index (χ0) is 28.1. The summed E-state index contributed by atoms with van der Waals surface area (Å²) in [6, 6.07) is 28.4. The van der Waals surface area contributed by atoms with E-state index in [1.807, 2.05) is 72.8 Å². The van der Waals surface area contributed by atoms with Gasteiger partial charge in [-0.2, -0.15) is 13.2 Å². The summed E-state index contributed by atoms with van der Waals surface area (Å²) in [6.07, 6.45) is 0.0102. The molecule has 7 heteroatoms. The third-order valence-corrected chi connectivity index (χ3v) is 7.24. The van der Waals surface area contributed by atoms with E-state index in [1.165, 1.54) is 17.0 Å². The largest absolute Gasteiger partial charge is 0.416 e. The van der Waals surface area contributed by atoms with Crippen LogP contribution >= 0.6 is 0 Å². The number of fused-ring (bicyclic) bond motifs is 1. The monoisotopic (exact) mass is 542 g/mol. The molecule has 2 amide bonds. The van der Waals surface area contributed by atoms with Gasteiger partial charge in [0.15, 0.2) is 0 Å². The maximum atomic E-state index is 13.3. The Morgan fingerprint density at radius 3 is 2.35 bits per heavy atom. The number of carbonyl (C=O) groups excluding carboxylic acids is 2. The Labute approximate surface area is 231 Å². The Bertz CT molecular complexity index is 1530. The van der Waals surface area contributed by atoms with Gasteiger partial charge in [0.2, 0.25) is 11.8 Å². The number of hydrogen-bond donors (Lipinski definition) is 0. The number of amides is 2. The van der Waals surface area contributed by atoms with Crippen molar-refractivity contribution in [3.05, 3.63) is 125 Å². The van der Waals surface area contributed by atoms with Crippen LogP contribution in [-0.2, 0) is 28.7 Å². The first-order valence-corrected chi connectivity index (χ1v) is 13.2. The highest BCUT2D eigenvalue weighted by Crippen LogP contribution is 2.30. The van der Waals surface area contributed by atoms with Crippen molar-refractivity contribution >= 4 is 28.7 Å². The van der Waals surface area contributed by atoms with E-state index < -0.39 is 11.7 Å². The molecule has 1 fully saturated rings. The Morgan fingerprint density at radius 1 is 0.850 bits per heavy atom. The molecule has 4 nitrogen and oxygen atoms in total. The number of piperazine rings is 1. The van der Waals surface area contributed by atoms with Gasteiger partial charge in [-0.1, -0.05) is 78.9 Å². The van der Waals surface area contributed by atoms with Gasteiger partial charge in [-0.05, 0) is 64.6 Å². The third-order valence-electron chi connectivity index (χ3n) is 7.24. The zero-order valence-electron chi connectivity index (χ0n) is 21.9. The van der Waals surface area contributed by atoms with Crippen LogP contribution in [0.3, 0.4) is 0 Å². The van der Waals surface area contributed by atoms with Gasteiger partial charge in [0.25, 0.3) is 0 Å². The van der Waals surface area contributed by atoms with Crippen molar-refractivity contribution in [2.24, 2.45) is 0 Å². The molecule has 0 radical (unpaired) electrons. The molecule has 4 aromatic rings. The summed E-state index contributed by atoms with van der Waals surface area (Å²) in [5, 5.41) is 2.17. The zero-order valence-corrected chi connectivity index (χ0v) is 21.9. The van der Waals surface area contributed by atoms with Crippen molar-refractivity contribution in [3.63, 3.8) is 0 Å². The molecule has 5 rings (SSSR count). The van der Waals surface area contributed by atoms with E-state index in [2.05, 4.69) is 0 Å². The van der Waals surface area contributed by atoms with Crippen molar-refractivity contribution in [1.29, 1.82) is 0 Å². The molecule has 4 aromatic carbocycles. The Balaban J connectivity index is 1.33. The molecule has 40 heavy (non-hydrogen) atoms. The number of alkyl halides is 3. The van der Waals surface area contributed by atoms with Crippen LogP contribution < -0.4 is 0 Å². The van der Waals surface area contributed by atoms with E-state index in [0.717, 1.165) is 34.0 Å². The highest BCUT2D eigenvalue weighted by atomic mass is 19.4. The van der Waals surface area contributed by atoms with Crippen molar-refractivity contribution in [1.82, 2.24) is 9.80 Å². The molecule has 0 aliphatic carbocycles. The number of hydrogen-bond acceptors (Lipinski definition) is 2. The van der Waals surface area contributed by atoms with E-state index in [9.17, 15) is 22.8 Å². The summed E-state index contributed by atoms with van der Waals surface area (Å²) in [7, 11) is 0. The molecule has 1 saturated heterocycles. The number of halogens is 3. The van der Waals surface area contributed by atoms with Crippen molar-refractivity contribution in [2.45, 2.75) is 31.6 Å². The van der Waals surface area contributed by atoms with Crippen LogP contribution in [0.4, 0.5) is 13.2 Å². The fourth-order valence-electron chi connectivity index (χ4n) is 5.11. The lowest BCUT2D eigenvalue weighted by Gasteiger charge is -2.41. The molecule has 0 bridgehead atoms. The topological polar surface area (TPSA) is 40.6 Å².